The minimum Gasteiger partial charge on any atom is -0.337 e. The first-order valence-electron chi connectivity index (χ1n) is 5.75. The molecule has 0 aliphatic carbocycles. The third kappa shape index (κ3) is 4.75. The zero-order valence-electron chi connectivity index (χ0n) is 10.3. The fourth-order valence-electron chi connectivity index (χ4n) is 1.68. The molecule has 0 unspecified atom stereocenters. The number of hydrogen-bond acceptors (Lipinski definition) is 2. The molecule has 0 bridgehead atoms. The van der Waals surface area contributed by atoms with Gasteiger partial charge in [-0.2, -0.15) is 0 Å². The van der Waals surface area contributed by atoms with Gasteiger partial charge in [-0.05, 0) is 23.6 Å². The molecular weight excluding hydrogens is 236 g/mol. The van der Waals surface area contributed by atoms with Crippen LogP contribution in [-0.4, -0.2) is 23.9 Å². The molecule has 0 heterocycles. The average molecular weight is 255 g/mol. The Bertz CT molecular complexity index is 379. The summed E-state index contributed by atoms with van der Waals surface area (Å²) in [6.45, 7) is 5.48. The minimum absolute atomic E-state index is 0.0290. The normalized spacial score (nSPS) is 10.6. The standard InChI is InChI=1S/C13H19ClN2O/c1-10(2)8-16(13(17)7-15)9-11-4-3-5-12(14)6-11/h3-6,10H,7-9,15H2,1-2H3. The van der Waals surface area contributed by atoms with Crippen LogP contribution >= 0.6 is 11.6 Å². The van der Waals surface area contributed by atoms with Crippen molar-refractivity contribution in [2.24, 2.45) is 11.7 Å². The Morgan fingerprint density at radius 1 is 1.47 bits per heavy atom. The molecule has 0 aliphatic heterocycles. The Morgan fingerprint density at radius 3 is 2.71 bits per heavy atom. The van der Waals surface area contributed by atoms with Crippen molar-refractivity contribution < 1.29 is 4.79 Å². The van der Waals surface area contributed by atoms with E-state index in [-0.39, 0.29) is 12.5 Å². The number of carbonyl (C=O) groups excluding carboxylic acids is 1. The van der Waals surface area contributed by atoms with E-state index in [1.807, 2.05) is 24.3 Å². The number of benzene rings is 1. The monoisotopic (exact) mass is 254 g/mol. The molecule has 0 radical (unpaired) electrons. The summed E-state index contributed by atoms with van der Waals surface area (Å²) in [5, 5.41) is 0.687. The number of nitrogens with two attached hydrogens (primary N) is 1. The van der Waals surface area contributed by atoms with E-state index >= 15 is 0 Å². The first kappa shape index (κ1) is 14.0. The number of amides is 1. The SMILES string of the molecule is CC(C)CN(Cc1cccc(Cl)c1)C(=O)CN. The summed E-state index contributed by atoms with van der Waals surface area (Å²) in [6, 6.07) is 7.54. The van der Waals surface area contributed by atoms with Crippen LogP contribution < -0.4 is 5.73 Å². The Labute approximate surface area is 108 Å². The van der Waals surface area contributed by atoms with Crippen LogP contribution in [0, 0.1) is 5.92 Å². The van der Waals surface area contributed by atoms with Crippen molar-refractivity contribution in [3.05, 3.63) is 34.9 Å². The molecule has 1 aromatic rings. The minimum atomic E-state index is -0.0290. The van der Waals surface area contributed by atoms with Crippen molar-refractivity contribution >= 4 is 17.5 Å². The van der Waals surface area contributed by atoms with Crippen LogP contribution in [0.4, 0.5) is 0 Å². The van der Waals surface area contributed by atoms with E-state index in [1.54, 1.807) is 4.90 Å². The molecule has 0 aliphatic rings. The molecule has 0 aromatic heterocycles. The quantitative estimate of drug-likeness (QED) is 0.876. The van der Waals surface area contributed by atoms with Crippen LogP contribution in [0.25, 0.3) is 0 Å². The molecule has 3 nitrogen and oxygen atoms in total. The van der Waals surface area contributed by atoms with Crippen molar-refractivity contribution in [3.63, 3.8) is 0 Å². The van der Waals surface area contributed by atoms with Crippen molar-refractivity contribution in [3.8, 4) is 0 Å². The zero-order valence-corrected chi connectivity index (χ0v) is 11.1. The summed E-state index contributed by atoms with van der Waals surface area (Å²) in [4.78, 5) is 13.5. The lowest BCUT2D eigenvalue weighted by atomic mass is 10.1. The molecule has 1 rings (SSSR count). The van der Waals surface area contributed by atoms with Gasteiger partial charge in [-0.25, -0.2) is 0 Å². The maximum atomic E-state index is 11.7. The fraction of sp³-hybridized carbons (Fsp3) is 0.462. The Morgan fingerprint density at radius 2 is 2.18 bits per heavy atom. The van der Waals surface area contributed by atoms with E-state index in [1.165, 1.54) is 0 Å². The molecule has 17 heavy (non-hydrogen) atoms. The second-order valence-electron chi connectivity index (χ2n) is 4.50. The van der Waals surface area contributed by atoms with Gasteiger partial charge in [0.15, 0.2) is 0 Å². The lowest BCUT2D eigenvalue weighted by Crippen LogP contribution is -2.37. The average Bonchev–Trinajstić information content (AvgIpc) is 2.26. The van der Waals surface area contributed by atoms with Gasteiger partial charge < -0.3 is 10.6 Å². The predicted molar refractivity (Wildman–Crippen MR) is 70.8 cm³/mol. The summed E-state index contributed by atoms with van der Waals surface area (Å²) < 4.78 is 0. The van der Waals surface area contributed by atoms with Gasteiger partial charge >= 0.3 is 0 Å². The highest BCUT2D eigenvalue weighted by atomic mass is 35.5. The third-order valence-electron chi connectivity index (χ3n) is 2.38. The summed E-state index contributed by atoms with van der Waals surface area (Å²) in [5.41, 5.74) is 6.44. The molecule has 0 atom stereocenters. The molecule has 1 aromatic carbocycles. The van der Waals surface area contributed by atoms with E-state index in [4.69, 9.17) is 17.3 Å². The summed E-state index contributed by atoms with van der Waals surface area (Å²) in [6.07, 6.45) is 0. The number of nitrogens with zero attached hydrogens (tertiary/aromatic N) is 1. The molecule has 1 amide bonds. The van der Waals surface area contributed by atoms with Gasteiger partial charge in [0, 0.05) is 18.1 Å². The second-order valence-corrected chi connectivity index (χ2v) is 4.94. The number of carbonyl (C=O) groups is 1. The van der Waals surface area contributed by atoms with Crippen LogP contribution in [-0.2, 0) is 11.3 Å². The van der Waals surface area contributed by atoms with Gasteiger partial charge in [-0.15, -0.1) is 0 Å². The first-order valence-corrected chi connectivity index (χ1v) is 6.13. The molecule has 0 saturated carbocycles. The summed E-state index contributed by atoms with van der Waals surface area (Å²) in [5.74, 6) is 0.392. The molecule has 0 saturated heterocycles. The van der Waals surface area contributed by atoms with Gasteiger partial charge in [0.05, 0.1) is 6.54 Å². The van der Waals surface area contributed by atoms with E-state index < -0.39 is 0 Å². The van der Waals surface area contributed by atoms with Gasteiger partial charge in [0.25, 0.3) is 0 Å². The highest BCUT2D eigenvalue weighted by molar-refractivity contribution is 6.30. The predicted octanol–water partition coefficient (Wildman–Crippen LogP) is 2.28. The van der Waals surface area contributed by atoms with Gasteiger partial charge in [-0.3, -0.25) is 4.79 Å². The lowest BCUT2D eigenvalue weighted by Gasteiger charge is -2.24. The number of rotatable bonds is 5. The van der Waals surface area contributed by atoms with Gasteiger partial charge in [0.2, 0.25) is 5.91 Å². The van der Waals surface area contributed by atoms with Crippen molar-refractivity contribution in [2.45, 2.75) is 20.4 Å². The van der Waals surface area contributed by atoms with Crippen LogP contribution in [0.2, 0.25) is 5.02 Å². The Hall–Kier alpha value is -1.06. The number of halogens is 1. The summed E-state index contributed by atoms with van der Waals surface area (Å²) in [7, 11) is 0. The third-order valence-corrected chi connectivity index (χ3v) is 2.61. The Kier molecular flexibility index (Phi) is 5.45. The van der Waals surface area contributed by atoms with E-state index in [2.05, 4.69) is 13.8 Å². The highest BCUT2D eigenvalue weighted by Crippen LogP contribution is 2.13. The first-order chi connectivity index (χ1) is 8.02. The van der Waals surface area contributed by atoms with Crippen LogP contribution in [0.15, 0.2) is 24.3 Å². The molecular formula is C13H19ClN2O. The van der Waals surface area contributed by atoms with Gasteiger partial charge in [0.1, 0.15) is 0 Å². The van der Waals surface area contributed by atoms with E-state index in [0.29, 0.717) is 24.0 Å². The molecule has 4 heteroatoms. The molecule has 0 fully saturated rings. The Balaban J connectivity index is 2.75. The fourth-order valence-corrected chi connectivity index (χ4v) is 1.89. The maximum Gasteiger partial charge on any atom is 0.236 e. The molecule has 94 valence electrons. The largest absolute Gasteiger partial charge is 0.337 e. The van der Waals surface area contributed by atoms with E-state index in [9.17, 15) is 4.79 Å². The van der Waals surface area contributed by atoms with E-state index in [0.717, 1.165) is 5.56 Å². The van der Waals surface area contributed by atoms with Gasteiger partial charge in [-0.1, -0.05) is 37.6 Å². The number of hydrogen-bond donors (Lipinski definition) is 1. The van der Waals surface area contributed by atoms with Crippen LogP contribution in [0.3, 0.4) is 0 Å². The molecule has 0 spiro atoms. The van der Waals surface area contributed by atoms with Crippen LogP contribution in [0.1, 0.15) is 19.4 Å². The highest BCUT2D eigenvalue weighted by Gasteiger charge is 2.13. The molecule has 2 N–H and O–H groups in total. The summed E-state index contributed by atoms with van der Waals surface area (Å²) >= 11 is 5.92. The lowest BCUT2D eigenvalue weighted by molar-refractivity contribution is -0.130. The van der Waals surface area contributed by atoms with Crippen LogP contribution in [0.5, 0.6) is 0 Å². The zero-order chi connectivity index (χ0) is 12.8. The topological polar surface area (TPSA) is 46.3 Å². The smallest absolute Gasteiger partial charge is 0.236 e. The van der Waals surface area contributed by atoms with Crippen molar-refractivity contribution in [1.82, 2.24) is 4.90 Å². The maximum absolute atomic E-state index is 11.7. The van der Waals surface area contributed by atoms with Crippen molar-refractivity contribution in [2.75, 3.05) is 13.1 Å². The van der Waals surface area contributed by atoms with Crippen molar-refractivity contribution in [1.29, 1.82) is 0 Å². The second kappa shape index (κ2) is 6.62.